The fourth-order valence-corrected chi connectivity index (χ4v) is 3.33. The van der Waals surface area contributed by atoms with Crippen LogP contribution in [-0.2, 0) is 4.79 Å². The lowest BCUT2D eigenvalue weighted by molar-refractivity contribution is -0.122. The van der Waals surface area contributed by atoms with Crippen LogP contribution in [0.25, 0.3) is 0 Å². The molecule has 21 heavy (non-hydrogen) atoms. The average Bonchev–Trinajstić information content (AvgIpc) is 2.33. The van der Waals surface area contributed by atoms with Gasteiger partial charge in [0.25, 0.3) is 0 Å². The number of piperidine rings is 1. The number of rotatable bonds is 6. The summed E-state index contributed by atoms with van der Waals surface area (Å²) in [6.45, 7) is 13.5. The molecular weight excluding hydrogens is 262 g/mol. The third kappa shape index (κ3) is 9.10. The molecule has 126 valence electrons. The second-order valence-corrected chi connectivity index (χ2v) is 7.16. The summed E-state index contributed by atoms with van der Waals surface area (Å²) in [5, 5.41) is 6.83. The Balaban J connectivity index is 0.00000191. The molecule has 1 rings (SSSR count). The fraction of sp³-hybridized carbons (Fsp3) is 0.941. The monoisotopic (exact) mass is 299 g/mol. The lowest BCUT2D eigenvalue weighted by atomic mass is 9.79. The molecule has 0 aliphatic carbocycles. The van der Waals surface area contributed by atoms with E-state index in [1.54, 1.807) is 0 Å². The van der Waals surface area contributed by atoms with Crippen LogP contribution in [0.2, 0.25) is 0 Å². The molecule has 4 heteroatoms. The maximum absolute atomic E-state index is 11.9. The van der Waals surface area contributed by atoms with E-state index in [1.807, 2.05) is 13.8 Å². The van der Waals surface area contributed by atoms with E-state index in [-0.39, 0.29) is 23.0 Å². The molecule has 0 spiro atoms. The van der Waals surface area contributed by atoms with Crippen molar-refractivity contribution in [3.63, 3.8) is 0 Å². The van der Waals surface area contributed by atoms with Crippen molar-refractivity contribution in [1.29, 1.82) is 0 Å². The van der Waals surface area contributed by atoms with Gasteiger partial charge >= 0.3 is 0 Å². The van der Waals surface area contributed by atoms with Gasteiger partial charge in [-0.15, -0.1) is 0 Å². The molecule has 1 fully saturated rings. The number of unbranched alkanes of at least 4 members (excludes halogenated alkanes) is 2. The first-order chi connectivity index (χ1) is 9.74. The zero-order chi connectivity index (χ0) is 16.5. The first kappa shape index (κ1) is 20.4. The molecule has 1 heterocycles. The number of nitrogens with two attached hydrogens (primary N) is 1. The molecule has 0 saturated carbocycles. The molecule has 0 aromatic carbocycles. The summed E-state index contributed by atoms with van der Waals surface area (Å²) < 4.78 is 0. The fourth-order valence-electron chi connectivity index (χ4n) is 3.33. The van der Waals surface area contributed by atoms with E-state index in [9.17, 15) is 4.79 Å². The smallest absolute Gasteiger partial charge is 0.220 e. The Kier molecular flexibility index (Phi) is 9.14. The summed E-state index contributed by atoms with van der Waals surface area (Å²) in [6, 6.07) is 0.285. The van der Waals surface area contributed by atoms with E-state index in [0.29, 0.717) is 6.42 Å². The Labute approximate surface area is 131 Å². The highest BCUT2D eigenvalue weighted by atomic mass is 16.1. The summed E-state index contributed by atoms with van der Waals surface area (Å²) in [5.41, 5.74) is 5.61. The highest BCUT2D eigenvalue weighted by Gasteiger charge is 2.37. The molecule has 0 atom stereocenters. The Hall–Kier alpha value is -0.610. The first-order valence-corrected chi connectivity index (χ1v) is 8.53. The molecule has 0 aromatic rings. The maximum Gasteiger partial charge on any atom is 0.220 e. The minimum atomic E-state index is 0.0826. The topological polar surface area (TPSA) is 67.2 Å². The second-order valence-electron chi connectivity index (χ2n) is 7.16. The van der Waals surface area contributed by atoms with Gasteiger partial charge in [0.2, 0.25) is 5.91 Å². The predicted molar refractivity (Wildman–Crippen MR) is 91.3 cm³/mol. The molecule has 1 aliphatic heterocycles. The van der Waals surface area contributed by atoms with Crippen LogP contribution in [0.1, 0.15) is 80.1 Å². The molecule has 4 nitrogen and oxygen atoms in total. The third-order valence-electron chi connectivity index (χ3n) is 3.66. The Bertz CT molecular complexity index is 284. The lowest BCUT2D eigenvalue weighted by Crippen LogP contribution is -2.62. The van der Waals surface area contributed by atoms with Crippen LogP contribution in [0.15, 0.2) is 0 Å². The van der Waals surface area contributed by atoms with Crippen molar-refractivity contribution < 1.29 is 4.79 Å². The lowest BCUT2D eigenvalue weighted by Gasteiger charge is -2.46. The SMILES string of the molecule is CC.CC1(C)CC(NC(=O)CCCCCN)CC(C)(C)N1. The molecular formula is C17H37N3O. The quantitative estimate of drug-likeness (QED) is 0.661. The van der Waals surface area contributed by atoms with E-state index in [0.717, 1.165) is 38.6 Å². The van der Waals surface area contributed by atoms with Crippen molar-refractivity contribution >= 4 is 5.91 Å². The summed E-state index contributed by atoms with van der Waals surface area (Å²) in [4.78, 5) is 11.9. The molecule has 0 aromatic heterocycles. The predicted octanol–water partition coefficient (Wildman–Crippen LogP) is 2.96. The number of amides is 1. The van der Waals surface area contributed by atoms with Crippen molar-refractivity contribution in [2.75, 3.05) is 6.54 Å². The zero-order valence-corrected chi connectivity index (χ0v) is 15.0. The molecule has 4 N–H and O–H groups in total. The van der Waals surface area contributed by atoms with Gasteiger partial charge in [-0.25, -0.2) is 0 Å². The molecule has 1 saturated heterocycles. The van der Waals surface area contributed by atoms with Crippen molar-refractivity contribution in [2.45, 2.75) is 97.2 Å². The van der Waals surface area contributed by atoms with Gasteiger partial charge in [0.15, 0.2) is 0 Å². The van der Waals surface area contributed by atoms with E-state index >= 15 is 0 Å². The van der Waals surface area contributed by atoms with Crippen molar-refractivity contribution in [2.24, 2.45) is 5.73 Å². The van der Waals surface area contributed by atoms with Crippen LogP contribution in [-0.4, -0.2) is 29.6 Å². The van der Waals surface area contributed by atoms with Crippen LogP contribution >= 0.6 is 0 Å². The van der Waals surface area contributed by atoms with Crippen LogP contribution in [0.3, 0.4) is 0 Å². The van der Waals surface area contributed by atoms with Gasteiger partial charge in [-0.05, 0) is 59.9 Å². The van der Waals surface area contributed by atoms with Crippen molar-refractivity contribution in [3.05, 3.63) is 0 Å². The molecule has 1 aliphatic rings. The van der Waals surface area contributed by atoms with Gasteiger partial charge < -0.3 is 16.4 Å². The summed E-state index contributed by atoms with van der Waals surface area (Å²) >= 11 is 0. The third-order valence-corrected chi connectivity index (χ3v) is 3.66. The number of nitrogens with one attached hydrogen (secondary N) is 2. The van der Waals surface area contributed by atoms with Crippen LogP contribution in [0.4, 0.5) is 0 Å². The maximum atomic E-state index is 11.9. The van der Waals surface area contributed by atoms with Gasteiger partial charge in [0.1, 0.15) is 0 Å². The number of hydrogen-bond acceptors (Lipinski definition) is 3. The largest absolute Gasteiger partial charge is 0.353 e. The highest BCUT2D eigenvalue weighted by Crippen LogP contribution is 2.28. The van der Waals surface area contributed by atoms with Gasteiger partial charge in [-0.3, -0.25) is 4.79 Å². The minimum absolute atomic E-state index is 0.0826. The Morgan fingerprint density at radius 1 is 1.10 bits per heavy atom. The van der Waals surface area contributed by atoms with E-state index in [2.05, 4.69) is 38.3 Å². The summed E-state index contributed by atoms with van der Waals surface area (Å²) in [7, 11) is 0. The summed E-state index contributed by atoms with van der Waals surface area (Å²) in [6.07, 6.45) is 5.62. The number of hydrogen-bond donors (Lipinski definition) is 3. The second kappa shape index (κ2) is 9.42. The zero-order valence-electron chi connectivity index (χ0n) is 15.0. The molecule has 0 bridgehead atoms. The number of carbonyl (C=O) groups excluding carboxylic acids is 1. The van der Waals surface area contributed by atoms with Crippen LogP contribution in [0.5, 0.6) is 0 Å². The normalized spacial score (nSPS) is 20.3. The average molecular weight is 300 g/mol. The number of carbonyl (C=O) groups is 1. The van der Waals surface area contributed by atoms with Gasteiger partial charge in [-0.1, -0.05) is 20.3 Å². The summed E-state index contributed by atoms with van der Waals surface area (Å²) in [5.74, 6) is 0.190. The van der Waals surface area contributed by atoms with E-state index in [4.69, 9.17) is 5.73 Å². The van der Waals surface area contributed by atoms with Gasteiger partial charge in [0, 0.05) is 23.5 Å². The van der Waals surface area contributed by atoms with E-state index in [1.165, 1.54) is 0 Å². The van der Waals surface area contributed by atoms with E-state index < -0.39 is 0 Å². The highest BCUT2D eigenvalue weighted by molar-refractivity contribution is 5.76. The first-order valence-electron chi connectivity index (χ1n) is 8.53. The van der Waals surface area contributed by atoms with Crippen molar-refractivity contribution in [3.8, 4) is 0 Å². The van der Waals surface area contributed by atoms with Crippen molar-refractivity contribution in [1.82, 2.24) is 10.6 Å². The van der Waals surface area contributed by atoms with Crippen LogP contribution in [0, 0.1) is 0 Å². The molecule has 0 unspecified atom stereocenters. The molecule has 1 amide bonds. The standard InChI is InChI=1S/C15H31N3O.C2H6/c1-14(2)10-12(11-15(3,4)18-14)17-13(19)8-6-5-7-9-16;1-2/h12,18H,5-11,16H2,1-4H3,(H,17,19);1-2H3. The van der Waals surface area contributed by atoms with Gasteiger partial charge in [0.05, 0.1) is 0 Å². The van der Waals surface area contributed by atoms with Crippen LogP contribution < -0.4 is 16.4 Å². The minimum Gasteiger partial charge on any atom is -0.353 e. The molecule has 0 radical (unpaired) electrons. The van der Waals surface area contributed by atoms with Gasteiger partial charge in [-0.2, -0.15) is 0 Å². The Morgan fingerprint density at radius 3 is 2.10 bits per heavy atom. The Morgan fingerprint density at radius 2 is 1.62 bits per heavy atom.